The van der Waals surface area contributed by atoms with E-state index >= 15 is 0 Å². The lowest BCUT2D eigenvalue weighted by molar-refractivity contribution is -0.384. The number of methoxy groups -OCH3 is 2. The number of likely N-dealkylation sites (N-methyl/N-ethyl adjacent to an activating group) is 1. The highest BCUT2D eigenvalue weighted by Crippen LogP contribution is 2.44. The van der Waals surface area contributed by atoms with Crippen molar-refractivity contribution >= 4 is 39.9 Å². The molecule has 40 heavy (non-hydrogen) atoms. The number of aryl methyl sites for hydroxylation is 1. The summed E-state index contributed by atoms with van der Waals surface area (Å²) in [4.78, 5) is 37.9. The van der Waals surface area contributed by atoms with Gasteiger partial charge in [-0.1, -0.05) is 18.2 Å². The highest BCUT2D eigenvalue weighted by Gasteiger charge is 2.43. The Morgan fingerprint density at radius 2 is 1.95 bits per heavy atom. The maximum Gasteiger partial charge on any atom is 0.341 e. The Morgan fingerprint density at radius 3 is 2.62 bits per heavy atom. The predicted molar refractivity (Wildman–Crippen MR) is 150 cm³/mol. The number of carbonyl (C=O) groups is 1. The molecule has 0 aliphatic carbocycles. The van der Waals surface area contributed by atoms with Gasteiger partial charge in [0.2, 0.25) is 5.95 Å². The number of rotatable bonds is 7. The van der Waals surface area contributed by atoms with Gasteiger partial charge in [0.25, 0.3) is 5.69 Å². The summed E-state index contributed by atoms with van der Waals surface area (Å²) < 4.78 is 12.6. The maximum atomic E-state index is 12.6. The van der Waals surface area contributed by atoms with E-state index in [1.807, 2.05) is 42.1 Å². The van der Waals surface area contributed by atoms with Crippen LogP contribution in [-0.4, -0.2) is 76.8 Å². The van der Waals surface area contributed by atoms with Gasteiger partial charge in [-0.15, -0.1) is 0 Å². The van der Waals surface area contributed by atoms with Crippen molar-refractivity contribution in [1.82, 2.24) is 19.4 Å². The number of nitro benzene ring substituents is 1. The summed E-state index contributed by atoms with van der Waals surface area (Å²) in [5, 5.41) is 16.2. The van der Waals surface area contributed by atoms with Crippen molar-refractivity contribution in [1.29, 1.82) is 0 Å². The topological polar surface area (TPSA) is 128 Å². The standard InChI is InChI=1S/C28H29N7O5/c1-32-13-17-9-16(32)14-34(17)23-11-25(39-3)21(10-24(23)35(37)38)30-28-29-12-19(27(36)40-4)26(31-28)20-15-33(2)22-8-6-5-7-18(20)22/h5-8,10-12,15-17H,9,13-14H2,1-4H3,(H,29,30,31)/t16-,17-/m0/s1. The first-order chi connectivity index (χ1) is 19.3. The van der Waals surface area contributed by atoms with Crippen molar-refractivity contribution < 1.29 is 19.2 Å². The van der Waals surface area contributed by atoms with Crippen LogP contribution in [0, 0.1) is 10.1 Å². The minimum Gasteiger partial charge on any atom is -0.494 e. The normalized spacial score (nSPS) is 18.4. The van der Waals surface area contributed by atoms with Crippen molar-refractivity contribution in [3.63, 3.8) is 0 Å². The molecule has 4 heterocycles. The molecule has 12 heteroatoms. The first kappa shape index (κ1) is 25.6. The Labute approximate surface area is 230 Å². The average Bonchev–Trinajstić information content (AvgIpc) is 3.64. The zero-order valence-electron chi connectivity index (χ0n) is 22.6. The van der Waals surface area contributed by atoms with E-state index in [-0.39, 0.29) is 28.2 Å². The number of benzene rings is 2. The molecule has 2 aliphatic heterocycles. The number of aromatic nitrogens is 3. The lowest BCUT2D eigenvalue weighted by Gasteiger charge is -2.33. The summed E-state index contributed by atoms with van der Waals surface area (Å²) in [5.41, 5.74) is 3.12. The van der Waals surface area contributed by atoms with Crippen molar-refractivity contribution in [2.75, 3.05) is 44.6 Å². The van der Waals surface area contributed by atoms with E-state index in [1.165, 1.54) is 26.5 Å². The number of piperazine rings is 1. The molecule has 2 aliphatic rings. The summed E-state index contributed by atoms with van der Waals surface area (Å²) in [6.07, 6.45) is 4.27. The predicted octanol–water partition coefficient (Wildman–Crippen LogP) is 3.98. The lowest BCUT2D eigenvalue weighted by Crippen LogP contribution is -2.44. The molecule has 2 aromatic carbocycles. The van der Waals surface area contributed by atoms with Crippen molar-refractivity contribution in [2.45, 2.75) is 18.5 Å². The number of para-hydroxylation sites is 1. The van der Waals surface area contributed by atoms with Crippen LogP contribution in [0.1, 0.15) is 16.8 Å². The Hall–Kier alpha value is -4.71. The van der Waals surface area contributed by atoms with Gasteiger partial charge in [0.15, 0.2) is 0 Å². The van der Waals surface area contributed by atoms with Crippen LogP contribution in [0.25, 0.3) is 22.2 Å². The van der Waals surface area contributed by atoms with Crippen LogP contribution < -0.4 is 15.0 Å². The van der Waals surface area contributed by atoms with E-state index in [2.05, 4.69) is 32.1 Å². The molecule has 2 aromatic heterocycles. The molecule has 0 saturated carbocycles. The Kier molecular flexibility index (Phi) is 6.26. The number of hydrogen-bond donors (Lipinski definition) is 1. The zero-order valence-corrected chi connectivity index (χ0v) is 22.6. The van der Waals surface area contributed by atoms with Gasteiger partial charge in [0.05, 0.1) is 30.5 Å². The minimum absolute atomic E-state index is 0.0287. The number of nitrogens with zero attached hydrogens (tertiary/aromatic N) is 6. The van der Waals surface area contributed by atoms with Gasteiger partial charge in [-0.25, -0.2) is 14.8 Å². The van der Waals surface area contributed by atoms with Gasteiger partial charge < -0.3 is 24.3 Å². The smallest absolute Gasteiger partial charge is 0.341 e. The largest absolute Gasteiger partial charge is 0.494 e. The quantitative estimate of drug-likeness (QED) is 0.208. The van der Waals surface area contributed by atoms with Gasteiger partial charge in [-0.3, -0.25) is 15.0 Å². The molecule has 4 aromatic rings. The minimum atomic E-state index is -0.572. The Bertz CT molecular complexity index is 1650. The second-order valence-corrected chi connectivity index (χ2v) is 10.2. The number of hydrogen-bond acceptors (Lipinski definition) is 10. The Morgan fingerprint density at radius 1 is 1.15 bits per heavy atom. The van der Waals surface area contributed by atoms with Crippen LogP contribution in [-0.2, 0) is 11.8 Å². The third-order valence-electron chi connectivity index (χ3n) is 7.91. The van der Waals surface area contributed by atoms with E-state index in [0.29, 0.717) is 28.9 Å². The number of esters is 1. The molecule has 1 N–H and O–H groups in total. The first-order valence-corrected chi connectivity index (χ1v) is 12.9. The van der Waals surface area contributed by atoms with Gasteiger partial charge in [-0.05, 0) is 19.5 Å². The number of ether oxygens (including phenoxy) is 2. The van der Waals surface area contributed by atoms with Gasteiger partial charge in [0.1, 0.15) is 17.0 Å². The average molecular weight is 544 g/mol. The molecule has 0 spiro atoms. The van der Waals surface area contributed by atoms with Crippen LogP contribution in [0.15, 0.2) is 48.8 Å². The van der Waals surface area contributed by atoms with Crippen LogP contribution in [0.4, 0.5) is 23.0 Å². The highest BCUT2D eigenvalue weighted by molar-refractivity contribution is 6.03. The third kappa shape index (κ3) is 4.16. The van der Waals surface area contributed by atoms with E-state index in [4.69, 9.17) is 9.47 Å². The highest BCUT2D eigenvalue weighted by atomic mass is 16.6. The number of carbonyl (C=O) groups excluding carboxylic acids is 1. The number of nitro groups is 1. The van der Waals surface area contributed by atoms with Gasteiger partial charge in [0, 0.05) is 73.2 Å². The van der Waals surface area contributed by atoms with E-state index in [9.17, 15) is 14.9 Å². The summed E-state index contributed by atoms with van der Waals surface area (Å²) in [5.74, 6) is -0.000477. The van der Waals surface area contributed by atoms with Crippen LogP contribution in [0.5, 0.6) is 5.75 Å². The fourth-order valence-electron chi connectivity index (χ4n) is 5.92. The SMILES string of the molecule is COC(=O)c1cnc(Nc2cc([N+](=O)[O-])c(N3C[C@@H]4C[C@H]3CN4C)cc2OC)nc1-c1cn(C)c2ccccc12. The molecular weight excluding hydrogens is 514 g/mol. The molecule has 206 valence electrons. The molecule has 12 nitrogen and oxygen atoms in total. The van der Waals surface area contributed by atoms with Crippen LogP contribution in [0.3, 0.4) is 0 Å². The van der Waals surface area contributed by atoms with Crippen LogP contribution >= 0.6 is 0 Å². The number of anilines is 3. The molecule has 2 bridgehead atoms. The lowest BCUT2D eigenvalue weighted by atomic mass is 10.1. The molecule has 6 rings (SSSR count). The molecule has 2 atom stereocenters. The van der Waals surface area contributed by atoms with Crippen LogP contribution in [0.2, 0.25) is 0 Å². The Balaban J connectivity index is 1.42. The van der Waals surface area contributed by atoms with Crippen molar-refractivity contribution in [2.24, 2.45) is 7.05 Å². The summed E-state index contributed by atoms with van der Waals surface area (Å²) in [6.45, 7) is 1.59. The molecule has 2 saturated heterocycles. The number of likely N-dealkylation sites (tertiary alicyclic amines) is 1. The van der Waals surface area contributed by atoms with E-state index < -0.39 is 5.97 Å². The molecular formula is C28H29N7O5. The molecule has 0 amide bonds. The molecule has 0 unspecified atom stereocenters. The summed E-state index contributed by atoms with van der Waals surface area (Å²) in [7, 11) is 6.82. The van der Waals surface area contributed by atoms with Crippen molar-refractivity contribution in [3.8, 4) is 17.0 Å². The second-order valence-electron chi connectivity index (χ2n) is 10.2. The number of nitrogens with one attached hydrogen (secondary N) is 1. The van der Waals surface area contributed by atoms with Gasteiger partial charge >= 0.3 is 5.97 Å². The maximum absolute atomic E-state index is 12.6. The van der Waals surface area contributed by atoms with E-state index in [0.717, 1.165) is 36.0 Å². The fourth-order valence-corrected chi connectivity index (χ4v) is 5.92. The van der Waals surface area contributed by atoms with Crippen molar-refractivity contribution in [3.05, 3.63) is 64.5 Å². The number of fused-ring (bicyclic) bond motifs is 3. The first-order valence-electron chi connectivity index (χ1n) is 12.9. The third-order valence-corrected chi connectivity index (χ3v) is 7.91. The molecule has 2 fully saturated rings. The van der Waals surface area contributed by atoms with E-state index in [1.54, 1.807) is 6.07 Å². The molecule has 0 radical (unpaired) electrons. The monoisotopic (exact) mass is 543 g/mol. The second kappa shape index (κ2) is 9.79. The summed E-state index contributed by atoms with van der Waals surface area (Å²) in [6, 6.07) is 11.5. The fraction of sp³-hybridized carbons (Fsp3) is 0.321. The zero-order chi connectivity index (χ0) is 28.1. The van der Waals surface area contributed by atoms with Gasteiger partial charge in [-0.2, -0.15) is 0 Å². The summed E-state index contributed by atoms with van der Waals surface area (Å²) >= 11 is 0.